The third kappa shape index (κ3) is 7.52. The highest BCUT2D eigenvalue weighted by molar-refractivity contribution is 14.0. The fourth-order valence-electron chi connectivity index (χ4n) is 1.95. The molecule has 1 aromatic rings. The molecule has 0 aliphatic carbocycles. The predicted octanol–water partition coefficient (Wildman–Crippen LogP) is 2.82. The second kappa shape index (κ2) is 10.9. The fourth-order valence-corrected chi connectivity index (χ4v) is 3.56. The second-order valence-electron chi connectivity index (χ2n) is 5.37. The number of sulfone groups is 1. The maximum absolute atomic E-state index is 12.4. The predicted molar refractivity (Wildman–Crippen MR) is 107 cm³/mol. The van der Waals surface area contributed by atoms with Gasteiger partial charge in [0.1, 0.15) is 0 Å². The van der Waals surface area contributed by atoms with E-state index in [0.717, 1.165) is 6.42 Å². The molecular formula is C16H28IN3O2S. The number of rotatable bonds is 7. The fraction of sp³-hybridized carbons (Fsp3) is 0.562. The minimum atomic E-state index is -3.30. The first-order valence-electron chi connectivity index (χ1n) is 7.70. The molecular weight excluding hydrogens is 425 g/mol. The molecule has 2 atom stereocenters. The quantitative estimate of drug-likeness (QED) is 0.379. The van der Waals surface area contributed by atoms with E-state index in [1.165, 1.54) is 0 Å². The van der Waals surface area contributed by atoms with Gasteiger partial charge in [-0.3, -0.25) is 4.99 Å². The molecule has 0 aliphatic heterocycles. The van der Waals surface area contributed by atoms with Crippen molar-refractivity contribution < 1.29 is 8.42 Å². The monoisotopic (exact) mass is 453 g/mol. The molecule has 7 heteroatoms. The molecule has 0 fully saturated rings. The van der Waals surface area contributed by atoms with Crippen LogP contribution in [0.4, 0.5) is 0 Å². The average molecular weight is 453 g/mol. The SMILES string of the molecule is CCC(C)NC(=NC)NC(CC)CS(=O)(=O)c1ccccc1.I. The Hall–Kier alpha value is -0.830. The van der Waals surface area contributed by atoms with Crippen LogP contribution in [0.5, 0.6) is 0 Å². The van der Waals surface area contributed by atoms with Gasteiger partial charge in [-0.25, -0.2) is 8.42 Å². The zero-order chi connectivity index (χ0) is 16.6. The van der Waals surface area contributed by atoms with Gasteiger partial charge >= 0.3 is 0 Å². The van der Waals surface area contributed by atoms with Gasteiger partial charge < -0.3 is 10.6 Å². The molecule has 1 aromatic carbocycles. The number of halogens is 1. The Morgan fingerprint density at radius 1 is 1.13 bits per heavy atom. The first-order chi connectivity index (χ1) is 10.4. The van der Waals surface area contributed by atoms with E-state index >= 15 is 0 Å². The lowest BCUT2D eigenvalue weighted by Gasteiger charge is -2.22. The van der Waals surface area contributed by atoms with E-state index in [-0.39, 0.29) is 41.8 Å². The Labute approximate surface area is 157 Å². The summed E-state index contributed by atoms with van der Waals surface area (Å²) in [5, 5.41) is 6.45. The Balaban J connectivity index is 0.00000484. The summed E-state index contributed by atoms with van der Waals surface area (Å²) in [4.78, 5) is 4.53. The smallest absolute Gasteiger partial charge is 0.191 e. The molecule has 0 amide bonds. The van der Waals surface area contributed by atoms with Crippen molar-refractivity contribution in [2.45, 2.75) is 50.6 Å². The maximum Gasteiger partial charge on any atom is 0.191 e. The molecule has 23 heavy (non-hydrogen) atoms. The van der Waals surface area contributed by atoms with Crippen LogP contribution >= 0.6 is 24.0 Å². The lowest BCUT2D eigenvalue weighted by Crippen LogP contribution is -2.48. The Kier molecular flexibility index (Phi) is 10.5. The van der Waals surface area contributed by atoms with Crippen molar-refractivity contribution >= 4 is 39.8 Å². The molecule has 0 aromatic heterocycles. The molecule has 2 N–H and O–H groups in total. The topological polar surface area (TPSA) is 70.6 Å². The number of guanidine groups is 1. The van der Waals surface area contributed by atoms with Gasteiger partial charge in [-0.15, -0.1) is 24.0 Å². The van der Waals surface area contributed by atoms with Crippen molar-refractivity contribution in [1.82, 2.24) is 10.6 Å². The van der Waals surface area contributed by atoms with E-state index in [1.807, 2.05) is 13.0 Å². The van der Waals surface area contributed by atoms with E-state index in [0.29, 0.717) is 17.3 Å². The van der Waals surface area contributed by atoms with Crippen LogP contribution in [0.2, 0.25) is 0 Å². The largest absolute Gasteiger partial charge is 0.354 e. The van der Waals surface area contributed by atoms with Crippen LogP contribution in [-0.2, 0) is 9.84 Å². The summed E-state index contributed by atoms with van der Waals surface area (Å²) >= 11 is 0. The van der Waals surface area contributed by atoms with E-state index in [4.69, 9.17) is 0 Å². The molecule has 2 unspecified atom stereocenters. The van der Waals surface area contributed by atoms with Crippen molar-refractivity contribution in [2.75, 3.05) is 12.8 Å². The van der Waals surface area contributed by atoms with Gasteiger partial charge in [0, 0.05) is 19.1 Å². The molecule has 0 bridgehead atoms. The van der Waals surface area contributed by atoms with Crippen LogP contribution in [0.1, 0.15) is 33.6 Å². The number of hydrogen-bond donors (Lipinski definition) is 2. The normalized spacial score (nSPS) is 14.5. The van der Waals surface area contributed by atoms with Crippen molar-refractivity contribution in [2.24, 2.45) is 4.99 Å². The van der Waals surface area contributed by atoms with Gasteiger partial charge in [-0.05, 0) is 31.9 Å². The molecule has 0 aliphatic rings. The lowest BCUT2D eigenvalue weighted by molar-refractivity contribution is 0.560. The highest BCUT2D eigenvalue weighted by Crippen LogP contribution is 2.12. The van der Waals surface area contributed by atoms with Gasteiger partial charge in [-0.2, -0.15) is 0 Å². The van der Waals surface area contributed by atoms with Crippen molar-refractivity contribution in [3.05, 3.63) is 30.3 Å². The first kappa shape index (κ1) is 22.2. The summed E-state index contributed by atoms with van der Waals surface area (Å²) in [6.07, 6.45) is 1.67. The van der Waals surface area contributed by atoms with Gasteiger partial charge in [-0.1, -0.05) is 32.0 Å². The zero-order valence-corrected chi connectivity index (χ0v) is 17.4. The van der Waals surface area contributed by atoms with Crippen molar-refractivity contribution in [3.63, 3.8) is 0 Å². The van der Waals surface area contributed by atoms with E-state index < -0.39 is 9.84 Å². The van der Waals surface area contributed by atoms with E-state index in [9.17, 15) is 8.42 Å². The highest BCUT2D eigenvalue weighted by Gasteiger charge is 2.21. The van der Waals surface area contributed by atoms with Crippen LogP contribution < -0.4 is 10.6 Å². The molecule has 0 radical (unpaired) electrons. The molecule has 132 valence electrons. The van der Waals surface area contributed by atoms with Gasteiger partial charge in [0.2, 0.25) is 0 Å². The molecule has 0 saturated heterocycles. The van der Waals surface area contributed by atoms with Crippen molar-refractivity contribution in [3.8, 4) is 0 Å². The summed E-state index contributed by atoms with van der Waals surface area (Å²) in [7, 11) is -1.61. The standard InChI is InChI=1S/C16H27N3O2S.HI/c1-5-13(3)18-16(17-4)19-14(6-2)12-22(20,21)15-10-8-7-9-11-15;/h7-11,13-14H,5-6,12H2,1-4H3,(H2,17,18,19);1H. The lowest BCUT2D eigenvalue weighted by atomic mass is 10.2. The maximum atomic E-state index is 12.4. The molecule has 1 rings (SSSR count). The molecule has 0 saturated carbocycles. The van der Waals surface area contributed by atoms with Gasteiger partial charge in [0.25, 0.3) is 0 Å². The minimum absolute atomic E-state index is 0. The third-order valence-electron chi connectivity index (χ3n) is 3.58. The summed E-state index contributed by atoms with van der Waals surface area (Å²) in [6, 6.07) is 8.67. The van der Waals surface area contributed by atoms with E-state index in [2.05, 4.69) is 29.5 Å². The zero-order valence-electron chi connectivity index (χ0n) is 14.2. The number of hydrogen-bond acceptors (Lipinski definition) is 3. The second-order valence-corrected chi connectivity index (χ2v) is 7.40. The van der Waals surface area contributed by atoms with Crippen molar-refractivity contribution in [1.29, 1.82) is 0 Å². The number of aliphatic imine (C=N–C) groups is 1. The van der Waals surface area contributed by atoms with Gasteiger partial charge in [0.05, 0.1) is 10.6 Å². The molecule has 5 nitrogen and oxygen atoms in total. The number of nitrogens with zero attached hydrogens (tertiary/aromatic N) is 1. The van der Waals surface area contributed by atoms with Gasteiger partial charge in [0.15, 0.2) is 15.8 Å². The van der Waals surface area contributed by atoms with Crippen LogP contribution in [0.15, 0.2) is 40.2 Å². The van der Waals surface area contributed by atoms with Crippen LogP contribution in [0.3, 0.4) is 0 Å². The van der Waals surface area contributed by atoms with Crippen LogP contribution in [0.25, 0.3) is 0 Å². The minimum Gasteiger partial charge on any atom is -0.354 e. The Bertz CT molecular complexity index is 576. The Morgan fingerprint density at radius 3 is 2.22 bits per heavy atom. The van der Waals surface area contributed by atoms with Crippen LogP contribution in [0, 0.1) is 0 Å². The van der Waals surface area contributed by atoms with E-state index in [1.54, 1.807) is 31.3 Å². The summed E-state index contributed by atoms with van der Waals surface area (Å²) < 4.78 is 24.9. The molecule has 0 spiro atoms. The number of benzene rings is 1. The summed E-state index contributed by atoms with van der Waals surface area (Å²) in [5.74, 6) is 0.693. The third-order valence-corrected chi connectivity index (χ3v) is 5.41. The molecule has 0 heterocycles. The first-order valence-corrected chi connectivity index (χ1v) is 9.35. The summed E-state index contributed by atoms with van der Waals surface area (Å²) in [5.41, 5.74) is 0. The van der Waals surface area contributed by atoms with Crippen LogP contribution in [-0.4, -0.2) is 39.3 Å². The number of nitrogens with one attached hydrogen (secondary N) is 2. The Morgan fingerprint density at radius 2 is 1.74 bits per heavy atom. The average Bonchev–Trinajstić information content (AvgIpc) is 2.53. The highest BCUT2D eigenvalue weighted by atomic mass is 127. The summed E-state index contributed by atoms with van der Waals surface area (Å²) in [6.45, 7) is 6.12.